The minimum absolute atomic E-state index is 0.0578. The number of sulfonamides is 1. The summed E-state index contributed by atoms with van der Waals surface area (Å²) in [5.41, 5.74) is 0.671. The van der Waals surface area contributed by atoms with Gasteiger partial charge in [0, 0.05) is 34.2 Å². The van der Waals surface area contributed by atoms with E-state index in [-0.39, 0.29) is 23.5 Å². The van der Waals surface area contributed by atoms with Gasteiger partial charge in [-0.3, -0.25) is 13.9 Å². The molecule has 0 saturated heterocycles. The van der Waals surface area contributed by atoms with E-state index in [1.807, 2.05) is 6.92 Å². The average Bonchev–Trinajstić information content (AvgIpc) is 2.93. The molecule has 1 atom stereocenters. The van der Waals surface area contributed by atoms with Gasteiger partial charge in [-0.25, -0.2) is 8.42 Å². The van der Waals surface area contributed by atoms with Gasteiger partial charge in [-0.1, -0.05) is 47.8 Å². The third-order valence-corrected chi connectivity index (χ3v) is 8.89. The molecule has 3 aromatic rings. The highest BCUT2D eigenvalue weighted by Crippen LogP contribution is 2.30. The molecule has 12 heteroatoms. The van der Waals surface area contributed by atoms with Crippen LogP contribution in [0.3, 0.4) is 0 Å². The van der Waals surface area contributed by atoms with E-state index in [1.165, 1.54) is 36.2 Å². The van der Waals surface area contributed by atoms with E-state index in [9.17, 15) is 18.0 Å². The van der Waals surface area contributed by atoms with Crippen LogP contribution in [0.1, 0.15) is 25.8 Å². The minimum Gasteiger partial charge on any atom is -0.494 e. The summed E-state index contributed by atoms with van der Waals surface area (Å²) in [5, 5.41) is 3.56. The fourth-order valence-corrected chi connectivity index (χ4v) is 6.13. The Kier molecular flexibility index (Phi) is 11.1. The number of carbonyl (C=O) groups excluding carboxylic acids is 2. The Morgan fingerprint density at radius 2 is 1.52 bits per heavy atom. The van der Waals surface area contributed by atoms with Crippen molar-refractivity contribution in [1.29, 1.82) is 0 Å². The number of carbonyl (C=O) groups is 2. The van der Waals surface area contributed by atoms with Gasteiger partial charge in [0.1, 0.15) is 18.3 Å². The Morgan fingerprint density at radius 3 is 2.05 bits per heavy atom. The van der Waals surface area contributed by atoms with Crippen LogP contribution in [0, 0.1) is 0 Å². The van der Waals surface area contributed by atoms with E-state index >= 15 is 0 Å². The topological polar surface area (TPSA) is 96.0 Å². The standard InChI is InChI=1S/C28H30Cl3N3O5S/c1-4-26(28(36)32-3)33(17-23-24(30)7-6-8-25(23)31)27(35)18-34(20-11-13-21(14-12-20)39-5-2)40(37,38)22-15-9-19(29)10-16-22/h6-16,26H,4-5,17-18H2,1-3H3,(H,32,36)/t26-/m1/s1. The highest BCUT2D eigenvalue weighted by Gasteiger charge is 2.34. The van der Waals surface area contributed by atoms with E-state index in [0.717, 1.165) is 4.31 Å². The number of halogens is 3. The minimum atomic E-state index is -4.24. The van der Waals surface area contributed by atoms with Crippen LogP contribution >= 0.6 is 34.8 Å². The molecule has 0 aliphatic carbocycles. The van der Waals surface area contributed by atoms with Gasteiger partial charge in [-0.2, -0.15) is 0 Å². The fraction of sp³-hybridized carbons (Fsp3) is 0.286. The highest BCUT2D eigenvalue weighted by atomic mass is 35.5. The van der Waals surface area contributed by atoms with E-state index in [1.54, 1.807) is 49.4 Å². The monoisotopic (exact) mass is 625 g/mol. The number of hydrogen-bond acceptors (Lipinski definition) is 5. The van der Waals surface area contributed by atoms with Crippen LogP contribution in [0.5, 0.6) is 5.75 Å². The van der Waals surface area contributed by atoms with Crippen LogP contribution in [-0.2, 0) is 26.2 Å². The molecule has 1 N–H and O–H groups in total. The number of amides is 2. The van der Waals surface area contributed by atoms with Crippen LogP contribution in [0.2, 0.25) is 15.1 Å². The molecule has 214 valence electrons. The maximum Gasteiger partial charge on any atom is 0.264 e. The molecule has 0 heterocycles. The van der Waals surface area contributed by atoms with Crippen molar-refractivity contribution in [2.45, 2.75) is 37.8 Å². The molecular weight excluding hydrogens is 597 g/mol. The molecular formula is C28H30Cl3N3O5S. The fourth-order valence-electron chi connectivity index (χ4n) is 4.08. The first-order valence-electron chi connectivity index (χ1n) is 12.5. The summed E-state index contributed by atoms with van der Waals surface area (Å²) >= 11 is 18.8. The highest BCUT2D eigenvalue weighted by molar-refractivity contribution is 7.92. The van der Waals surface area contributed by atoms with E-state index in [0.29, 0.717) is 33.0 Å². The van der Waals surface area contributed by atoms with Crippen molar-refractivity contribution in [1.82, 2.24) is 10.2 Å². The van der Waals surface area contributed by atoms with Gasteiger partial charge in [-0.05, 0) is 74.0 Å². The summed E-state index contributed by atoms with van der Waals surface area (Å²) in [6, 6.07) is 16.0. The van der Waals surface area contributed by atoms with Gasteiger partial charge in [0.15, 0.2) is 0 Å². The molecule has 2 amide bonds. The van der Waals surface area contributed by atoms with Crippen molar-refractivity contribution >= 4 is 62.3 Å². The van der Waals surface area contributed by atoms with Gasteiger partial charge in [0.25, 0.3) is 10.0 Å². The zero-order chi connectivity index (χ0) is 29.4. The summed E-state index contributed by atoms with van der Waals surface area (Å²) in [6.45, 7) is 3.31. The maximum atomic E-state index is 14.0. The first-order chi connectivity index (χ1) is 19.0. The molecule has 0 unspecified atom stereocenters. The van der Waals surface area contributed by atoms with Crippen LogP contribution in [-0.4, -0.2) is 51.4 Å². The van der Waals surface area contributed by atoms with E-state index in [2.05, 4.69) is 5.32 Å². The maximum absolute atomic E-state index is 14.0. The SMILES string of the molecule is CCOc1ccc(N(CC(=O)N(Cc2c(Cl)cccc2Cl)[C@H](CC)C(=O)NC)S(=O)(=O)c2ccc(Cl)cc2)cc1. The molecule has 0 spiro atoms. The van der Waals surface area contributed by atoms with Crippen molar-refractivity contribution in [3.05, 3.63) is 87.4 Å². The van der Waals surface area contributed by atoms with Gasteiger partial charge < -0.3 is 15.0 Å². The lowest BCUT2D eigenvalue weighted by Gasteiger charge is -2.33. The van der Waals surface area contributed by atoms with E-state index in [4.69, 9.17) is 39.5 Å². The molecule has 0 aromatic heterocycles. The van der Waals surface area contributed by atoms with Crippen molar-refractivity contribution in [3.63, 3.8) is 0 Å². The summed E-state index contributed by atoms with van der Waals surface area (Å²) in [5.74, 6) is -0.493. The molecule has 0 aliphatic heterocycles. The first kappa shape index (κ1) is 31.5. The van der Waals surface area contributed by atoms with Crippen LogP contribution < -0.4 is 14.4 Å². The zero-order valence-electron chi connectivity index (χ0n) is 22.2. The summed E-state index contributed by atoms with van der Waals surface area (Å²) in [4.78, 5) is 28.0. The molecule has 0 saturated carbocycles. The lowest BCUT2D eigenvalue weighted by atomic mass is 10.1. The Hall–Kier alpha value is -2.98. The lowest BCUT2D eigenvalue weighted by Crippen LogP contribution is -2.51. The summed E-state index contributed by atoms with van der Waals surface area (Å²) in [6.07, 6.45) is 0.264. The van der Waals surface area contributed by atoms with E-state index < -0.39 is 34.4 Å². The van der Waals surface area contributed by atoms with Crippen LogP contribution in [0.25, 0.3) is 0 Å². The average molecular weight is 627 g/mol. The number of rotatable bonds is 12. The van der Waals surface area contributed by atoms with Gasteiger partial charge in [-0.15, -0.1) is 0 Å². The first-order valence-corrected chi connectivity index (χ1v) is 15.1. The van der Waals surface area contributed by atoms with Crippen molar-refractivity contribution in [2.24, 2.45) is 0 Å². The molecule has 0 aliphatic rings. The number of nitrogens with one attached hydrogen (secondary N) is 1. The molecule has 40 heavy (non-hydrogen) atoms. The number of nitrogens with zero attached hydrogens (tertiary/aromatic N) is 2. The lowest BCUT2D eigenvalue weighted by molar-refractivity contribution is -0.140. The van der Waals surface area contributed by atoms with Crippen molar-refractivity contribution in [2.75, 3.05) is 24.5 Å². The molecule has 3 rings (SSSR count). The normalized spacial score (nSPS) is 11.9. The predicted octanol–water partition coefficient (Wildman–Crippen LogP) is 5.79. The summed E-state index contributed by atoms with van der Waals surface area (Å²) < 4.78 is 34.2. The molecule has 8 nitrogen and oxygen atoms in total. The van der Waals surface area contributed by atoms with Gasteiger partial charge in [0.05, 0.1) is 17.2 Å². The Labute approximate surface area is 249 Å². The van der Waals surface area contributed by atoms with Gasteiger partial charge in [0.2, 0.25) is 11.8 Å². The third-order valence-electron chi connectivity index (χ3n) is 6.14. The molecule has 0 radical (unpaired) electrons. The number of hydrogen-bond donors (Lipinski definition) is 1. The third kappa shape index (κ3) is 7.40. The van der Waals surface area contributed by atoms with Gasteiger partial charge >= 0.3 is 0 Å². The Balaban J connectivity index is 2.09. The number of benzene rings is 3. The van der Waals surface area contributed by atoms with Crippen molar-refractivity contribution < 1.29 is 22.7 Å². The molecule has 0 fully saturated rings. The smallest absolute Gasteiger partial charge is 0.264 e. The van der Waals surface area contributed by atoms with Crippen LogP contribution in [0.15, 0.2) is 71.6 Å². The van der Waals surface area contributed by atoms with Crippen LogP contribution in [0.4, 0.5) is 5.69 Å². The number of ether oxygens (including phenoxy) is 1. The Morgan fingerprint density at radius 1 is 0.925 bits per heavy atom. The zero-order valence-corrected chi connectivity index (χ0v) is 25.3. The second-order valence-corrected chi connectivity index (χ2v) is 11.8. The molecule has 0 bridgehead atoms. The largest absolute Gasteiger partial charge is 0.494 e. The predicted molar refractivity (Wildman–Crippen MR) is 159 cm³/mol. The quantitative estimate of drug-likeness (QED) is 0.274. The second kappa shape index (κ2) is 14.1. The summed E-state index contributed by atoms with van der Waals surface area (Å²) in [7, 11) is -2.77. The number of likely N-dealkylation sites (N-methyl/N-ethyl adjacent to an activating group) is 1. The Bertz CT molecular complexity index is 1410. The number of anilines is 1. The second-order valence-electron chi connectivity index (χ2n) is 8.65. The molecule has 3 aromatic carbocycles. The van der Waals surface area contributed by atoms with Crippen molar-refractivity contribution in [3.8, 4) is 5.75 Å².